The van der Waals surface area contributed by atoms with Gasteiger partial charge in [0.05, 0.1) is 0 Å². The molecule has 0 heteroatoms. The lowest BCUT2D eigenvalue weighted by Gasteiger charge is -2.39. The standard InChI is InChI=1S/C22H28/c1-4-8-21-20(18-12-10-17(3)11-13-18)16-19-9-6-7-15-22(19,21)14-5-2/h6-7,9-13,15,19-21H,4-5,8,14H2,1-3H3. The molecule has 0 aliphatic heterocycles. The third kappa shape index (κ3) is 2.57. The van der Waals surface area contributed by atoms with Crippen LogP contribution in [0.15, 0.2) is 48.6 Å². The van der Waals surface area contributed by atoms with Gasteiger partial charge < -0.3 is 0 Å². The number of allylic oxidation sites excluding steroid dienone is 4. The molecule has 22 heavy (non-hydrogen) atoms. The van der Waals surface area contributed by atoms with Crippen LogP contribution < -0.4 is 0 Å². The molecule has 4 atom stereocenters. The summed E-state index contributed by atoms with van der Waals surface area (Å²) in [7, 11) is 0. The van der Waals surface area contributed by atoms with Crippen LogP contribution in [0.5, 0.6) is 0 Å². The molecule has 0 saturated heterocycles. The number of aryl methyl sites for hydroxylation is 1. The first-order valence-electron chi connectivity index (χ1n) is 8.90. The molecule has 4 unspecified atom stereocenters. The first-order chi connectivity index (χ1) is 10.7. The topological polar surface area (TPSA) is 0 Å². The quantitative estimate of drug-likeness (QED) is 0.613. The van der Waals surface area contributed by atoms with Gasteiger partial charge in [-0.1, -0.05) is 80.8 Å². The van der Waals surface area contributed by atoms with Crippen molar-refractivity contribution in [2.45, 2.75) is 52.4 Å². The molecule has 1 saturated carbocycles. The van der Waals surface area contributed by atoms with Crippen LogP contribution in [0.3, 0.4) is 0 Å². The van der Waals surface area contributed by atoms with E-state index in [9.17, 15) is 0 Å². The van der Waals surface area contributed by atoms with E-state index in [4.69, 9.17) is 0 Å². The Balaban J connectivity index is 1.99. The zero-order valence-corrected chi connectivity index (χ0v) is 14.2. The van der Waals surface area contributed by atoms with Crippen LogP contribution in [-0.2, 0) is 0 Å². The summed E-state index contributed by atoms with van der Waals surface area (Å²) in [5.41, 5.74) is 3.10. The van der Waals surface area contributed by atoms with Crippen LogP contribution >= 0.6 is 0 Å². The fraction of sp³-hybridized carbons (Fsp3) is 0.500. The molecule has 0 bridgehead atoms. The van der Waals surface area contributed by atoms with Gasteiger partial charge in [0, 0.05) is 0 Å². The van der Waals surface area contributed by atoms with Crippen molar-refractivity contribution in [2.24, 2.45) is 17.3 Å². The van der Waals surface area contributed by atoms with Gasteiger partial charge in [-0.2, -0.15) is 0 Å². The second-order valence-corrected chi connectivity index (χ2v) is 7.03. The minimum absolute atomic E-state index is 0.301. The summed E-state index contributed by atoms with van der Waals surface area (Å²) in [6, 6.07) is 9.14. The molecule has 1 aromatic rings. The molecule has 0 N–H and O–H groups in total. The van der Waals surface area contributed by atoms with Gasteiger partial charge in [-0.15, -0.1) is 0 Å². The molecule has 0 spiro atoms. The molecule has 3 rings (SSSR count). The predicted molar refractivity (Wildman–Crippen MR) is 94.7 cm³/mol. The van der Waals surface area contributed by atoms with E-state index in [2.05, 4.69) is 75.8 Å². The fourth-order valence-electron chi connectivity index (χ4n) is 4.58. The molecule has 2 aliphatic rings. The molecule has 2 aliphatic carbocycles. The Kier molecular flexibility index (Phi) is 4.57. The summed E-state index contributed by atoms with van der Waals surface area (Å²) in [6.45, 7) is 6.81. The average molecular weight is 292 g/mol. The number of rotatable bonds is 5. The molecule has 0 heterocycles. The lowest BCUT2D eigenvalue weighted by atomic mass is 9.64. The Labute approximate surface area is 136 Å². The second-order valence-electron chi connectivity index (χ2n) is 7.03. The van der Waals surface area contributed by atoms with Crippen LogP contribution in [0.1, 0.15) is 56.6 Å². The zero-order valence-electron chi connectivity index (χ0n) is 14.2. The third-order valence-corrected chi connectivity index (χ3v) is 5.57. The minimum atomic E-state index is 0.301. The van der Waals surface area contributed by atoms with Crippen molar-refractivity contribution in [2.75, 3.05) is 0 Å². The van der Waals surface area contributed by atoms with E-state index in [-0.39, 0.29) is 0 Å². The highest BCUT2D eigenvalue weighted by molar-refractivity contribution is 5.37. The lowest BCUT2D eigenvalue weighted by Crippen LogP contribution is -2.31. The van der Waals surface area contributed by atoms with Crippen molar-refractivity contribution < 1.29 is 0 Å². The van der Waals surface area contributed by atoms with E-state index >= 15 is 0 Å². The Morgan fingerprint density at radius 2 is 1.82 bits per heavy atom. The summed E-state index contributed by atoms with van der Waals surface area (Å²) in [5, 5.41) is 0. The highest BCUT2D eigenvalue weighted by atomic mass is 14.6. The van der Waals surface area contributed by atoms with Gasteiger partial charge in [-0.25, -0.2) is 0 Å². The molecular weight excluding hydrogens is 264 g/mol. The first kappa shape index (κ1) is 15.6. The number of fused-ring (bicyclic) bond motifs is 1. The van der Waals surface area contributed by atoms with E-state index < -0.39 is 0 Å². The van der Waals surface area contributed by atoms with Crippen molar-refractivity contribution in [3.63, 3.8) is 0 Å². The molecule has 0 amide bonds. The van der Waals surface area contributed by atoms with E-state index in [0.717, 1.165) is 0 Å². The molecule has 0 nitrogen and oxygen atoms in total. The van der Waals surface area contributed by atoms with Gasteiger partial charge in [0.1, 0.15) is 0 Å². The van der Waals surface area contributed by atoms with Gasteiger partial charge in [0.2, 0.25) is 0 Å². The van der Waals surface area contributed by atoms with E-state index in [0.29, 0.717) is 23.2 Å². The highest BCUT2D eigenvalue weighted by Gasteiger charge is 2.52. The normalized spacial score (nSPS) is 33.1. The zero-order chi connectivity index (χ0) is 15.6. The molecule has 2 radical (unpaired) electrons. The molecule has 116 valence electrons. The fourth-order valence-corrected chi connectivity index (χ4v) is 4.58. The average Bonchev–Trinajstić information content (AvgIpc) is 2.84. The first-order valence-corrected chi connectivity index (χ1v) is 8.90. The molecular formula is C22H28. The largest absolute Gasteiger partial charge is 0.0799 e. The maximum absolute atomic E-state index is 3.95. The van der Waals surface area contributed by atoms with E-state index in [1.54, 1.807) is 0 Å². The molecule has 1 aromatic carbocycles. The number of benzene rings is 1. The Hall–Kier alpha value is -1.30. The predicted octanol–water partition coefficient (Wildman–Crippen LogP) is 6.12. The Morgan fingerprint density at radius 1 is 1.05 bits per heavy atom. The van der Waals surface area contributed by atoms with Crippen LogP contribution in [0, 0.1) is 30.6 Å². The minimum Gasteiger partial charge on any atom is -0.0799 e. The summed E-state index contributed by atoms with van der Waals surface area (Å²) in [5.74, 6) is 1.65. The SMILES string of the molecule is CCCC1C(c2ccc(C)cc2)[C]C2C=CC=CC21CCC. The summed E-state index contributed by atoms with van der Waals surface area (Å²) < 4.78 is 0. The van der Waals surface area contributed by atoms with Gasteiger partial charge in [-0.05, 0) is 54.9 Å². The molecule has 0 aromatic heterocycles. The summed E-state index contributed by atoms with van der Waals surface area (Å²) in [4.78, 5) is 0. The summed E-state index contributed by atoms with van der Waals surface area (Å²) >= 11 is 0. The van der Waals surface area contributed by atoms with Crippen LogP contribution in [0.2, 0.25) is 0 Å². The van der Waals surface area contributed by atoms with Crippen molar-refractivity contribution >= 4 is 0 Å². The van der Waals surface area contributed by atoms with Gasteiger partial charge in [-0.3, -0.25) is 0 Å². The maximum Gasteiger partial charge on any atom is -0.000579 e. The Morgan fingerprint density at radius 3 is 2.50 bits per heavy atom. The highest BCUT2D eigenvalue weighted by Crippen LogP contribution is 2.60. The van der Waals surface area contributed by atoms with Crippen molar-refractivity contribution in [3.8, 4) is 0 Å². The monoisotopic (exact) mass is 292 g/mol. The number of hydrogen-bond acceptors (Lipinski definition) is 0. The summed E-state index contributed by atoms with van der Waals surface area (Å²) in [6.07, 6.45) is 18.4. The van der Waals surface area contributed by atoms with Gasteiger partial charge >= 0.3 is 0 Å². The van der Waals surface area contributed by atoms with Crippen molar-refractivity contribution in [1.82, 2.24) is 0 Å². The maximum atomic E-state index is 3.95. The smallest absolute Gasteiger partial charge is 0.000579 e. The lowest BCUT2D eigenvalue weighted by molar-refractivity contribution is 0.190. The third-order valence-electron chi connectivity index (χ3n) is 5.57. The van der Waals surface area contributed by atoms with Crippen LogP contribution in [0.4, 0.5) is 0 Å². The van der Waals surface area contributed by atoms with Gasteiger partial charge in [0.25, 0.3) is 0 Å². The van der Waals surface area contributed by atoms with Gasteiger partial charge in [0.15, 0.2) is 0 Å². The molecule has 1 fully saturated rings. The van der Waals surface area contributed by atoms with Crippen LogP contribution in [0.25, 0.3) is 0 Å². The van der Waals surface area contributed by atoms with Crippen molar-refractivity contribution in [1.29, 1.82) is 0 Å². The number of hydrogen-bond donors (Lipinski definition) is 0. The van der Waals surface area contributed by atoms with E-state index in [1.807, 2.05) is 0 Å². The van der Waals surface area contributed by atoms with Crippen LogP contribution in [-0.4, -0.2) is 0 Å². The second kappa shape index (κ2) is 6.44. The van der Waals surface area contributed by atoms with E-state index in [1.165, 1.54) is 36.8 Å². The van der Waals surface area contributed by atoms with Crippen molar-refractivity contribution in [3.05, 3.63) is 66.1 Å². The Bertz CT molecular complexity index is 548.